The second-order valence-electron chi connectivity index (χ2n) is 5.50. The lowest BCUT2D eigenvalue weighted by molar-refractivity contribution is -0.118. The molecule has 24 heavy (non-hydrogen) atoms. The van der Waals surface area contributed by atoms with Gasteiger partial charge in [-0.05, 0) is 25.5 Å². The van der Waals surface area contributed by atoms with E-state index in [1.807, 2.05) is 30.3 Å². The number of amides is 1. The van der Waals surface area contributed by atoms with Crippen molar-refractivity contribution in [2.45, 2.75) is 25.8 Å². The number of ether oxygens (including phenoxy) is 1. The third-order valence-corrected chi connectivity index (χ3v) is 3.64. The molecule has 1 aromatic carbocycles. The van der Waals surface area contributed by atoms with Crippen LogP contribution in [0.5, 0.6) is 0 Å². The molecule has 0 saturated heterocycles. The van der Waals surface area contributed by atoms with Gasteiger partial charge in [0.2, 0.25) is 0 Å². The van der Waals surface area contributed by atoms with Crippen molar-refractivity contribution in [3.05, 3.63) is 30.3 Å². The van der Waals surface area contributed by atoms with Crippen molar-refractivity contribution < 1.29 is 19.4 Å². The van der Waals surface area contributed by atoms with Crippen LogP contribution in [0.3, 0.4) is 0 Å². The third-order valence-electron chi connectivity index (χ3n) is 3.64. The molecule has 2 N–H and O–H groups in total. The number of aliphatic hydroxyl groups excluding tert-OH is 1. The summed E-state index contributed by atoms with van der Waals surface area (Å²) in [5.74, 6) is -0.317. The summed E-state index contributed by atoms with van der Waals surface area (Å²) >= 11 is 0. The maximum atomic E-state index is 12.2. The molecule has 1 aliphatic heterocycles. The van der Waals surface area contributed by atoms with Gasteiger partial charge in [-0.3, -0.25) is 14.6 Å². The fourth-order valence-corrected chi connectivity index (χ4v) is 2.39. The highest BCUT2D eigenvalue weighted by Gasteiger charge is 2.33. The van der Waals surface area contributed by atoms with E-state index in [-0.39, 0.29) is 18.3 Å². The summed E-state index contributed by atoms with van der Waals surface area (Å²) in [6.45, 7) is 2.79. The number of hydrogen-bond acceptors (Lipinski definition) is 6. The molecule has 0 aliphatic carbocycles. The van der Waals surface area contributed by atoms with E-state index in [1.54, 1.807) is 5.01 Å². The van der Waals surface area contributed by atoms with Gasteiger partial charge in [0.05, 0.1) is 12.3 Å². The number of Topliss-reactive ketones (excluding diaryl/α,β-unsaturated/α-hetero) is 1. The SMILES string of the molecule is CC(=O)[C@H]1CC(C(=O)NCCOCCCO)=NN1c1ccccc1. The van der Waals surface area contributed by atoms with Crippen molar-refractivity contribution >= 4 is 23.1 Å². The van der Waals surface area contributed by atoms with Gasteiger partial charge in [0, 0.05) is 26.2 Å². The molecule has 1 aromatic rings. The van der Waals surface area contributed by atoms with Crippen LogP contribution < -0.4 is 10.3 Å². The van der Waals surface area contributed by atoms with Gasteiger partial charge in [0.1, 0.15) is 11.8 Å². The van der Waals surface area contributed by atoms with E-state index in [0.717, 1.165) is 5.69 Å². The topological polar surface area (TPSA) is 91.2 Å². The Morgan fingerprint density at radius 1 is 1.33 bits per heavy atom. The molecule has 7 heteroatoms. The van der Waals surface area contributed by atoms with Crippen LogP contribution in [0.1, 0.15) is 19.8 Å². The first-order chi connectivity index (χ1) is 11.6. The second kappa shape index (κ2) is 9.14. The van der Waals surface area contributed by atoms with Crippen LogP contribution in [0, 0.1) is 0 Å². The number of carbonyl (C=O) groups is 2. The molecule has 130 valence electrons. The summed E-state index contributed by atoms with van der Waals surface area (Å²) in [4.78, 5) is 24.1. The highest BCUT2D eigenvalue weighted by atomic mass is 16.5. The number of rotatable bonds is 9. The lowest BCUT2D eigenvalue weighted by Crippen LogP contribution is -2.35. The largest absolute Gasteiger partial charge is 0.396 e. The van der Waals surface area contributed by atoms with Gasteiger partial charge in [0.25, 0.3) is 5.91 Å². The molecule has 1 aliphatic rings. The Labute approximate surface area is 141 Å². The van der Waals surface area contributed by atoms with Crippen LogP contribution in [0.4, 0.5) is 5.69 Å². The minimum atomic E-state index is -0.450. The fourth-order valence-electron chi connectivity index (χ4n) is 2.39. The van der Waals surface area contributed by atoms with E-state index in [0.29, 0.717) is 38.3 Å². The fraction of sp³-hybridized carbons (Fsp3) is 0.471. The average molecular weight is 333 g/mol. The van der Waals surface area contributed by atoms with Crippen molar-refractivity contribution in [2.24, 2.45) is 5.10 Å². The van der Waals surface area contributed by atoms with Gasteiger partial charge in [-0.2, -0.15) is 5.10 Å². The highest BCUT2D eigenvalue weighted by Crippen LogP contribution is 2.24. The van der Waals surface area contributed by atoms with E-state index in [4.69, 9.17) is 9.84 Å². The van der Waals surface area contributed by atoms with Crippen molar-refractivity contribution in [1.29, 1.82) is 0 Å². The summed E-state index contributed by atoms with van der Waals surface area (Å²) in [6, 6.07) is 8.88. The average Bonchev–Trinajstić information content (AvgIpc) is 3.04. The molecule has 2 rings (SSSR count). The molecule has 0 bridgehead atoms. The third kappa shape index (κ3) is 4.87. The second-order valence-corrected chi connectivity index (χ2v) is 5.50. The Morgan fingerprint density at radius 2 is 2.08 bits per heavy atom. The number of nitrogens with one attached hydrogen (secondary N) is 1. The number of ketones is 1. The minimum Gasteiger partial charge on any atom is -0.396 e. The van der Waals surface area contributed by atoms with Gasteiger partial charge < -0.3 is 15.2 Å². The van der Waals surface area contributed by atoms with Crippen LogP contribution in [0.2, 0.25) is 0 Å². The van der Waals surface area contributed by atoms with Crippen molar-refractivity contribution in [2.75, 3.05) is 31.4 Å². The Morgan fingerprint density at radius 3 is 2.75 bits per heavy atom. The van der Waals surface area contributed by atoms with E-state index in [1.165, 1.54) is 6.92 Å². The van der Waals surface area contributed by atoms with Crippen LogP contribution in [0.25, 0.3) is 0 Å². The lowest BCUT2D eigenvalue weighted by Gasteiger charge is -2.20. The monoisotopic (exact) mass is 333 g/mol. The quantitative estimate of drug-likeness (QED) is 0.650. The van der Waals surface area contributed by atoms with E-state index >= 15 is 0 Å². The molecule has 1 atom stereocenters. The smallest absolute Gasteiger partial charge is 0.267 e. The zero-order valence-electron chi connectivity index (χ0n) is 13.8. The number of hydrogen-bond donors (Lipinski definition) is 2. The summed E-state index contributed by atoms with van der Waals surface area (Å²) < 4.78 is 5.26. The van der Waals surface area contributed by atoms with E-state index in [9.17, 15) is 9.59 Å². The van der Waals surface area contributed by atoms with Gasteiger partial charge in [-0.1, -0.05) is 18.2 Å². The predicted molar refractivity (Wildman–Crippen MR) is 91.0 cm³/mol. The summed E-state index contributed by atoms with van der Waals surface area (Å²) in [5, 5.41) is 17.3. The van der Waals surface area contributed by atoms with E-state index in [2.05, 4.69) is 10.4 Å². The molecule has 0 aromatic heterocycles. The van der Waals surface area contributed by atoms with Gasteiger partial charge in [0.15, 0.2) is 5.78 Å². The molecule has 0 spiro atoms. The maximum Gasteiger partial charge on any atom is 0.267 e. The first-order valence-corrected chi connectivity index (χ1v) is 8.02. The number of hydrazone groups is 1. The molecule has 0 fully saturated rings. The predicted octanol–water partition coefficient (Wildman–Crippen LogP) is 0.726. The van der Waals surface area contributed by atoms with Crippen molar-refractivity contribution in [1.82, 2.24) is 5.32 Å². The lowest BCUT2D eigenvalue weighted by atomic mass is 10.1. The number of carbonyl (C=O) groups excluding carboxylic acids is 2. The van der Waals surface area contributed by atoms with Crippen LogP contribution in [0.15, 0.2) is 35.4 Å². The molecule has 0 radical (unpaired) electrons. The Hall–Kier alpha value is -2.25. The standard InChI is InChI=1S/C17H23N3O4/c1-13(22)16-12-15(17(23)18-8-11-24-10-5-9-21)19-20(16)14-6-3-2-4-7-14/h2-4,6-7,16,21H,5,8-12H2,1H3,(H,18,23)/t16-/m1/s1. The maximum absolute atomic E-state index is 12.2. The highest BCUT2D eigenvalue weighted by molar-refractivity contribution is 6.40. The normalized spacial score (nSPS) is 16.8. The zero-order chi connectivity index (χ0) is 17.4. The Balaban J connectivity index is 1.92. The van der Waals surface area contributed by atoms with Gasteiger partial charge in [-0.15, -0.1) is 0 Å². The molecule has 7 nitrogen and oxygen atoms in total. The minimum absolute atomic E-state index is 0.0299. The first kappa shape index (κ1) is 18.1. The molecular formula is C17H23N3O4. The Bertz CT molecular complexity index is 589. The first-order valence-electron chi connectivity index (χ1n) is 8.02. The molecular weight excluding hydrogens is 310 g/mol. The van der Waals surface area contributed by atoms with Crippen molar-refractivity contribution in [3.63, 3.8) is 0 Å². The number of benzene rings is 1. The zero-order valence-corrected chi connectivity index (χ0v) is 13.8. The van der Waals surface area contributed by atoms with Crippen LogP contribution in [-0.2, 0) is 14.3 Å². The molecule has 0 saturated carbocycles. The number of anilines is 1. The molecule has 1 amide bonds. The summed E-state index contributed by atoms with van der Waals surface area (Å²) in [7, 11) is 0. The summed E-state index contributed by atoms with van der Waals surface area (Å²) in [5.41, 5.74) is 1.13. The summed E-state index contributed by atoms with van der Waals surface area (Å²) in [6.07, 6.45) is 0.869. The van der Waals surface area contributed by atoms with Crippen LogP contribution in [-0.4, -0.2) is 54.9 Å². The number of nitrogens with zero attached hydrogens (tertiary/aromatic N) is 2. The van der Waals surface area contributed by atoms with E-state index < -0.39 is 6.04 Å². The molecule has 0 unspecified atom stereocenters. The van der Waals surface area contributed by atoms with Gasteiger partial charge >= 0.3 is 0 Å². The number of aliphatic hydroxyl groups is 1. The Kier molecular flexibility index (Phi) is 6.89. The van der Waals surface area contributed by atoms with Crippen molar-refractivity contribution in [3.8, 4) is 0 Å². The number of para-hydroxylation sites is 1. The van der Waals surface area contributed by atoms with Crippen LogP contribution >= 0.6 is 0 Å². The van der Waals surface area contributed by atoms with Gasteiger partial charge in [-0.25, -0.2) is 0 Å². The molecule has 1 heterocycles.